The van der Waals surface area contributed by atoms with Crippen molar-refractivity contribution in [2.75, 3.05) is 0 Å². The van der Waals surface area contributed by atoms with E-state index in [1.807, 2.05) is 12.3 Å². The Hall–Kier alpha value is -0.336. The number of nitrogens with zero attached hydrogens (tertiary/aromatic N) is 1. The Morgan fingerprint density at radius 3 is 3.23 bits per heavy atom. The van der Waals surface area contributed by atoms with E-state index < -0.39 is 0 Å². The summed E-state index contributed by atoms with van der Waals surface area (Å²) >= 11 is 0. The van der Waals surface area contributed by atoms with E-state index in [9.17, 15) is 0 Å². The van der Waals surface area contributed by atoms with Gasteiger partial charge in [-0.25, -0.2) is 0 Å². The van der Waals surface area contributed by atoms with Crippen molar-refractivity contribution >= 4 is 0 Å². The van der Waals surface area contributed by atoms with E-state index in [2.05, 4.69) is 22.0 Å². The van der Waals surface area contributed by atoms with Crippen LogP contribution in [0.5, 0.6) is 0 Å². The Kier molecular flexibility index (Phi) is 3.95. The summed E-state index contributed by atoms with van der Waals surface area (Å²) in [6.45, 7) is 6.98. The Morgan fingerprint density at radius 1 is 1.62 bits per heavy atom. The molecule has 1 aromatic rings. The SMILES string of the molecule is [CH-]=CC1=[C-]Cn2cccc2CN1.[Y]. The first-order valence-corrected chi connectivity index (χ1v) is 3.94. The predicted molar refractivity (Wildman–Crippen MR) is 46.9 cm³/mol. The maximum atomic E-state index is 5.38. The predicted octanol–water partition coefficient (Wildman–Crippen LogP) is 1.27. The molecule has 0 aromatic carbocycles. The number of hydrogen-bond donors (Lipinski definition) is 1. The van der Waals surface area contributed by atoms with Crippen LogP contribution >= 0.6 is 0 Å². The zero-order chi connectivity index (χ0) is 8.39. The Labute approximate surface area is 104 Å². The van der Waals surface area contributed by atoms with Crippen LogP contribution in [0.3, 0.4) is 0 Å². The second-order valence-electron chi connectivity index (χ2n) is 2.74. The van der Waals surface area contributed by atoms with Crippen molar-refractivity contribution in [3.8, 4) is 0 Å². The van der Waals surface area contributed by atoms with Crippen LogP contribution in [0, 0.1) is 12.7 Å². The first kappa shape index (κ1) is 10.7. The van der Waals surface area contributed by atoms with E-state index in [0.29, 0.717) is 0 Å². The molecule has 0 bridgehead atoms. The summed E-state index contributed by atoms with van der Waals surface area (Å²) < 4.78 is 2.14. The third-order valence-electron chi connectivity index (χ3n) is 1.99. The molecule has 1 N–H and O–H groups in total. The maximum absolute atomic E-state index is 5.38. The van der Waals surface area contributed by atoms with E-state index >= 15 is 0 Å². The minimum absolute atomic E-state index is 0. The number of nitrogens with one attached hydrogen (secondary N) is 1. The molecule has 1 radical (unpaired) electrons. The molecule has 3 heteroatoms. The Balaban J connectivity index is 0.000000845. The number of rotatable bonds is 1. The fraction of sp³-hybridized carbons (Fsp3) is 0.200. The quantitative estimate of drug-likeness (QED) is 0.739. The second-order valence-corrected chi connectivity index (χ2v) is 2.74. The molecule has 65 valence electrons. The van der Waals surface area contributed by atoms with Crippen LogP contribution in [-0.2, 0) is 45.8 Å². The summed E-state index contributed by atoms with van der Waals surface area (Å²) in [4.78, 5) is 0. The summed E-state index contributed by atoms with van der Waals surface area (Å²) in [6, 6.07) is 4.13. The summed E-state index contributed by atoms with van der Waals surface area (Å²) in [5.41, 5.74) is 2.15. The molecule has 0 spiro atoms. The van der Waals surface area contributed by atoms with E-state index in [1.165, 1.54) is 5.69 Å². The van der Waals surface area contributed by atoms with Crippen LogP contribution < -0.4 is 5.32 Å². The fourth-order valence-electron chi connectivity index (χ4n) is 1.30. The second kappa shape index (κ2) is 4.78. The van der Waals surface area contributed by atoms with Gasteiger partial charge in [-0.1, -0.05) is 0 Å². The van der Waals surface area contributed by atoms with Crippen molar-refractivity contribution in [1.82, 2.24) is 9.88 Å². The molecule has 2 heterocycles. The molecule has 1 aliphatic heterocycles. The zero-order valence-electron chi connectivity index (χ0n) is 7.33. The van der Waals surface area contributed by atoms with Crippen molar-refractivity contribution in [2.45, 2.75) is 13.1 Å². The van der Waals surface area contributed by atoms with Gasteiger partial charge in [0, 0.05) is 51.1 Å². The largest absolute Gasteiger partial charge is 0.492 e. The molecule has 2 rings (SSSR count). The van der Waals surface area contributed by atoms with Crippen molar-refractivity contribution in [3.05, 3.63) is 48.5 Å². The third kappa shape index (κ3) is 2.32. The summed E-state index contributed by atoms with van der Waals surface area (Å²) in [5.74, 6) is 0. The van der Waals surface area contributed by atoms with Gasteiger partial charge in [0.1, 0.15) is 0 Å². The molecule has 0 atom stereocenters. The van der Waals surface area contributed by atoms with Gasteiger partial charge in [-0.15, -0.1) is 0 Å². The van der Waals surface area contributed by atoms with Gasteiger partial charge in [0.2, 0.25) is 0 Å². The number of allylic oxidation sites excluding steroid dienone is 2. The minimum atomic E-state index is 0. The topological polar surface area (TPSA) is 17.0 Å². The zero-order valence-corrected chi connectivity index (χ0v) is 10.2. The van der Waals surface area contributed by atoms with Crippen LogP contribution in [-0.4, -0.2) is 4.57 Å². The summed E-state index contributed by atoms with van der Waals surface area (Å²) in [7, 11) is 0. The molecule has 1 aromatic heterocycles. The van der Waals surface area contributed by atoms with Gasteiger partial charge in [0.25, 0.3) is 0 Å². The molecule has 13 heavy (non-hydrogen) atoms. The molecule has 0 saturated carbocycles. The van der Waals surface area contributed by atoms with Crippen LogP contribution in [0.4, 0.5) is 0 Å². The van der Waals surface area contributed by atoms with Gasteiger partial charge < -0.3 is 28.6 Å². The molecule has 0 amide bonds. The normalized spacial score (nSPS) is 14.3. The van der Waals surface area contributed by atoms with Gasteiger partial charge in [0.15, 0.2) is 0 Å². The van der Waals surface area contributed by atoms with Crippen LogP contribution in [0.2, 0.25) is 0 Å². The van der Waals surface area contributed by atoms with E-state index in [4.69, 9.17) is 6.58 Å². The summed E-state index contributed by atoms with van der Waals surface area (Å²) in [6.07, 6.45) is 6.75. The number of hydrogen-bond acceptors (Lipinski definition) is 1. The summed E-state index contributed by atoms with van der Waals surface area (Å²) in [5, 5.41) is 3.18. The van der Waals surface area contributed by atoms with Crippen molar-refractivity contribution in [2.24, 2.45) is 0 Å². The van der Waals surface area contributed by atoms with E-state index in [0.717, 1.165) is 18.8 Å². The van der Waals surface area contributed by atoms with Crippen LogP contribution in [0.1, 0.15) is 5.69 Å². The number of aromatic nitrogens is 1. The minimum Gasteiger partial charge on any atom is -0.492 e. The van der Waals surface area contributed by atoms with Crippen LogP contribution in [0.15, 0.2) is 30.1 Å². The monoisotopic (exact) mass is 247 g/mol. The Morgan fingerprint density at radius 2 is 2.46 bits per heavy atom. The standard InChI is InChI=1S/C10H10N2.Y/c1-2-9-5-7-12-6-3-4-10(12)8-11-9;/h1-4,6,11H,7-8H2;/q-2;. The first-order valence-electron chi connectivity index (χ1n) is 3.94. The Bertz CT molecular complexity index is 325. The molecule has 0 aliphatic carbocycles. The van der Waals surface area contributed by atoms with Crippen molar-refractivity contribution in [3.63, 3.8) is 0 Å². The molecular formula is C10H10N2Y-2. The van der Waals surface area contributed by atoms with E-state index in [-0.39, 0.29) is 32.7 Å². The smallest absolute Gasteiger partial charge is 0.0374 e. The molecule has 2 nitrogen and oxygen atoms in total. The average Bonchev–Trinajstić information content (AvgIpc) is 2.46. The molecule has 0 fully saturated rings. The average molecular weight is 247 g/mol. The van der Waals surface area contributed by atoms with Gasteiger partial charge >= 0.3 is 0 Å². The number of fused-ring (bicyclic) bond motifs is 1. The molecule has 0 saturated heterocycles. The van der Waals surface area contributed by atoms with Gasteiger partial charge in [0.05, 0.1) is 0 Å². The molecule has 0 unspecified atom stereocenters. The van der Waals surface area contributed by atoms with Gasteiger partial charge in [-0.3, -0.25) is 5.70 Å². The van der Waals surface area contributed by atoms with Crippen molar-refractivity contribution < 1.29 is 32.7 Å². The first-order chi connectivity index (χ1) is 5.90. The maximum Gasteiger partial charge on any atom is 0.0374 e. The van der Waals surface area contributed by atoms with Crippen molar-refractivity contribution in [1.29, 1.82) is 0 Å². The van der Waals surface area contributed by atoms with Crippen LogP contribution in [0.25, 0.3) is 0 Å². The molecular weight excluding hydrogens is 237 g/mol. The third-order valence-corrected chi connectivity index (χ3v) is 1.99. The molecule has 1 aliphatic rings. The fourth-order valence-corrected chi connectivity index (χ4v) is 1.30. The van der Waals surface area contributed by atoms with Gasteiger partial charge in [-0.05, 0) is 18.7 Å². The van der Waals surface area contributed by atoms with Gasteiger partial charge in [-0.2, -0.15) is 0 Å². The van der Waals surface area contributed by atoms with E-state index in [1.54, 1.807) is 6.08 Å².